The average molecular weight is 380 g/mol. The normalized spacial score (nSPS) is 22.6. The Labute approximate surface area is 166 Å². The second-order valence-electron chi connectivity index (χ2n) is 8.27. The lowest BCUT2D eigenvalue weighted by molar-refractivity contribution is -0.138. The van der Waals surface area contributed by atoms with E-state index in [1.54, 1.807) is 12.5 Å². The first-order chi connectivity index (χ1) is 13.5. The molecule has 2 aromatic rings. The molecule has 2 saturated heterocycles. The molecule has 4 heterocycles. The van der Waals surface area contributed by atoms with Gasteiger partial charge >= 0.3 is 0 Å². The molecule has 0 saturated carbocycles. The van der Waals surface area contributed by atoms with Crippen LogP contribution in [0.3, 0.4) is 0 Å². The Kier molecular flexibility index (Phi) is 5.15. The van der Waals surface area contributed by atoms with Gasteiger partial charge in [0.15, 0.2) is 0 Å². The maximum absolute atomic E-state index is 12.6. The van der Waals surface area contributed by atoms with Crippen LogP contribution in [0.25, 0.3) is 0 Å². The lowest BCUT2D eigenvalue weighted by Gasteiger charge is -2.48. The molecule has 0 bridgehead atoms. The molecule has 0 radical (unpaired) electrons. The molecule has 28 heavy (non-hydrogen) atoms. The highest BCUT2D eigenvalue weighted by atomic mass is 16.2. The Morgan fingerprint density at radius 2 is 2.11 bits per heavy atom. The van der Waals surface area contributed by atoms with Gasteiger partial charge in [0.1, 0.15) is 18.0 Å². The third-order valence-corrected chi connectivity index (χ3v) is 5.93. The highest BCUT2D eigenvalue weighted by Crippen LogP contribution is 2.40. The Balaban J connectivity index is 1.51. The molecule has 2 aliphatic heterocycles. The number of piperidine rings is 2. The first kappa shape index (κ1) is 18.7. The van der Waals surface area contributed by atoms with E-state index < -0.39 is 0 Å². The maximum atomic E-state index is 12.6. The van der Waals surface area contributed by atoms with Crippen molar-refractivity contribution in [3.8, 4) is 0 Å². The summed E-state index contributed by atoms with van der Waals surface area (Å²) in [5.41, 5.74) is 1.23. The number of nitrogens with zero attached hydrogens (tertiary/aromatic N) is 6. The van der Waals surface area contributed by atoms with Crippen molar-refractivity contribution in [2.45, 2.75) is 32.2 Å². The maximum Gasteiger partial charge on any atom is 0.222 e. The number of aromatic nitrogens is 3. The zero-order valence-electron chi connectivity index (χ0n) is 16.7. The average Bonchev–Trinajstić information content (AvgIpc) is 2.72. The molecule has 1 amide bonds. The standard InChI is InChI=1S/C21H28N6O/c1-25(2)18-11-19(24-16-23-18)26-10-4-7-21(14-26)8-6-20(28)27(15-21)13-17-5-3-9-22-12-17/h3,5,9,11-12,16H,4,6-8,10,13-15H2,1-2H3. The minimum absolute atomic E-state index is 0.137. The summed E-state index contributed by atoms with van der Waals surface area (Å²) in [5, 5.41) is 0. The van der Waals surface area contributed by atoms with Crippen molar-refractivity contribution in [1.82, 2.24) is 19.9 Å². The summed E-state index contributed by atoms with van der Waals surface area (Å²) >= 11 is 0. The van der Waals surface area contributed by atoms with Gasteiger partial charge < -0.3 is 14.7 Å². The number of amides is 1. The van der Waals surface area contributed by atoms with Gasteiger partial charge in [0.2, 0.25) is 5.91 Å². The van der Waals surface area contributed by atoms with E-state index in [-0.39, 0.29) is 11.3 Å². The van der Waals surface area contributed by atoms with Crippen molar-refractivity contribution in [1.29, 1.82) is 0 Å². The second-order valence-corrected chi connectivity index (χ2v) is 8.27. The van der Waals surface area contributed by atoms with Crippen LogP contribution >= 0.6 is 0 Å². The van der Waals surface area contributed by atoms with E-state index in [0.717, 1.165) is 56.1 Å². The third-order valence-electron chi connectivity index (χ3n) is 5.93. The molecule has 1 atom stereocenters. The van der Waals surface area contributed by atoms with Gasteiger partial charge in [0, 0.05) is 70.6 Å². The fourth-order valence-corrected chi connectivity index (χ4v) is 4.45. The van der Waals surface area contributed by atoms with E-state index in [9.17, 15) is 4.79 Å². The molecule has 0 aliphatic carbocycles. The highest BCUT2D eigenvalue weighted by Gasteiger charge is 2.42. The molecule has 4 rings (SSSR count). The molecule has 148 valence electrons. The summed E-state index contributed by atoms with van der Waals surface area (Å²) in [6.45, 7) is 3.39. The molecule has 2 aromatic heterocycles. The Hall–Kier alpha value is -2.70. The van der Waals surface area contributed by atoms with E-state index in [2.05, 4.69) is 25.9 Å². The number of pyridine rings is 1. The van der Waals surface area contributed by atoms with Gasteiger partial charge in [0.25, 0.3) is 0 Å². The molecule has 1 spiro atoms. The summed E-state index contributed by atoms with van der Waals surface area (Å²) in [6.07, 6.45) is 9.13. The van der Waals surface area contributed by atoms with Gasteiger partial charge in [-0.3, -0.25) is 9.78 Å². The molecule has 1 unspecified atom stereocenters. The van der Waals surface area contributed by atoms with Crippen LogP contribution in [0, 0.1) is 5.41 Å². The summed E-state index contributed by atoms with van der Waals surface area (Å²) in [7, 11) is 3.99. The lowest BCUT2D eigenvalue weighted by atomic mass is 9.73. The summed E-state index contributed by atoms with van der Waals surface area (Å²) < 4.78 is 0. The van der Waals surface area contributed by atoms with Gasteiger partial charge in [-0.25, -0.2) is 9.97 Å². The van der Waals surface area contributed by atoms with Crippen LogP contribution in [0.1, 0.15) is 31.2 Å². The largest absolute Gasteiger partial charge is 0.363 e. The number of likely N-dealkylation sites (tertiary alicyclic amines) is 1. The summed E-state index contributed by atoms with van der Waals surface area (Å²) in [5.74, 6) is 2.15. The number of carbonyl (C=O) groups is 1. The third kappa shape index (κ3) is 3.93. The van der Waals surface area contributed by atoms with Crippen LogP contribution < -0.4 is 9.80 Å². The first-order valence-corrected chi connectivity index (χ1v) is 9.96. The van der Waals surface area contributed by atoms with Gasteiger partial charge in [0.05, 0.1) is 0 Å². The van der Waals surface area contributed by atoms with Crippen molar-refractivity contribution in [2.24, 2.45) is 5.41 Å². The number of hydrogen-bond donors (Lipinski definition) is 0. The van der Waals surface area contributed by atoms with Crippen LogP contribution in [-0.4, -0.2) is 59.5 Å². The first-order valence-electron chi connectivity index (χ1n) is 9.96. The van der Waals surface area contributed by atoms with Crippen molar-refractivity contribution in [3.63, 3.8) is 0 Å². The van der Waals surface area contributed by atoms with Gasteiger partial charge in [-0.2, -0.15) is 0 Å². The number of carbonyl (C=O) groups excluding carboxylic acids is 1. The van der Waals surface area contributed by atoms with Crippen LogP contribution in [0.15, 0.2) is 36.9 Å². The van der Waals surface area contributed by atoms with Crippen molar-refractivity contribution in [3.05, 3.63) is 42.5 Å². The molecule has 7 heteroatoms. The zero-order chi connectivity index (χ0) is 19.6. The van der Waals surface area contributed by atoms with Gasteiger partial charge in [-0.15, -0.1) is 0 Å². The Bertz CT molecular complexity index is 827. The van der Waals surface area contributed by atoms with E-state index in [4.69, 9.17) is 0 Å². The van der Waals surface area contributed by atoms with Crippen LogP contribution in [-0.2, 0) is 11.3 Å². The Morgan fingerprint density at radius 3 is 2.89 bits per heavy atom. The summed E-state index contributed by atoms with van der Waals surface area (Å²) in [4.78, 5) is 32.0. The van der Waals surface area contributed by atoms with Crippen molar-refractivity contribution >= 4 is 17.5 Å². The zero-order valence-corrected chi connectivity index (χ0v) is 16.7. The Morgan fingerprint density at radius 1 is 1.21 bits per heavy atom. The highest BCUT2D eigenvalue weighted by molar-refractivity contribution is 5.77. The fourth-order valence-electron chi connectivity index (χ4n) is 4.45. The van der Waals surface area contributed by atoms with E-state index >= 15 is 0 Å². The predicted octanol–water partition coefficient (Wildman–Crippen LogP) is 2.35. The molecule has 2 aliphatic rings. The molecule has 7 nitrogen and oxygen atoms in total. The summed E-state index contributed by atoms with van der Waals surface area (Å²) in [6, 6.07) is 6.03. The SMILES string of the molecule is CN(C)c1cc(N2CCCC3(CCC(=O)N(Cc4cccnc4)C3)C2)ncn1. The van der Waals surface area contributed by atoms with E-state index in [1.165, 1.54) is 0 Å². The smallest absolute Gasteiger partial charge is 0.222 e. The molecule has 0 aromatic carbocycles. The van der Waals surface area contributed by atoms with Crippen LogP contribution in [0.4, 0.5) is 11.6 Å². The van der Waals surface area contributed by atoms with Crippen LogP contribution in [0.2, 0.25) is 0 Å². The van der Waals surface area contributed by atoms with Crippen molar-refractivity contribution < 1.29 is 4.79 Å². The molecule has 0 N–H and O–H groups in total. The second kappa shape index (κ2) is 7.73. The number of hydrogen-bond acceptors (Lipinski definition) is 6. The topological polar surface area (TPSA) is 65.5 Å². The molecular weight excluding hydrogens is 352 g/mol. The minimum Gasteiger partial charge on any atom is -0.363 e. The number of rotatable bonds is 4. The monoisotopic (exact) mass is 380 g/mol. The van der Waals surface area contributed by atoms with Crippen molar-refractivity contribution in [2.75, 3.05) is 43.5 Å². The molecular formula is C21H28N6O. The van der Waals surface area contributed by atoms with Gasteiger partial charge in [-0.1, -0.05) is 6.07 Å². The quantitative estimate of drug-likeness (QED) is 0.811. The van der Waals surface area contributed by atoms with Gasteiger partial charge in [-0.05, 0) is 30.9 Å². The van der Waals surface area contributed by atoms with E-state index in [0.29, 0.717) is 13.0 Å². The van der Waals surface area contributed by atoms with Crippen LogP contribution in [0.5, 0.6) is 0 Å². The predicted molar refractivity (Wildman–Crippen MR) is 109 cm³/mol. The van der Waals surface area contributed by atoms with E-state index in [1.807, 2.05) is 42.2 Å². The number of anilines is 2. The minimum atomic E-state index is 0.137. The lowest BCUT2D eigenvalue weighted by Crippen LogP contribution is -2.54. The fraction of sp³-hybridized carbons (Fsp3) is 0.524. The molecule has 2 fully saturated rings.